The second-order valence-electron chi connectivity index (χ2n) is 7.21. The van der Waals surface area contributed by atoms with E-state index in [-0.39, 0.29) is 23.9 Å². The van der Waals surface area contributed by atoms with Crippen molar-refractivity contribution in [3.8, 4) is 0 Å². The Morgan fingerprint density at radius 1 is 1.28 bits per heavy atom. The summed E-state index contributed by atoms with van der Waals surface area (Å²) in [4.78, 5) is 12.8. The molecule has 0 radical (unpaired) electrons. The average molecular weight is 362 g/mol. The van der Waals surface area contributed by atoms with Gasteiger partial charge in [0.2, 0.25) is 0 Å². The van der Waals surface area contributed by atoms with E-state index >= 15 is 0 Å². The molecule has 4 nitrogen and oxygen atoms in total. The molecule has 1 aliphatic carbocycles. The highest BCUT2D eigenvalue weighted by Crippen LogP contribution is 2.39. The summed E-state index contributed by atoms with van der Waals surface area (Å²) < 4.78 is 2.20. The van der Waals surface area contributed by atoms with Gasteiger partial charge in [-0.2, -0.15) is 0 Å². The topological polar surface area (TPSA) is 60.1 Å². The minimum absolute atomic E-state index is 0. The first-order valence-electron chi connectivity index (χ1n) is 8.68. The lowest BCUT2D eigenvalue weighted by Crippen LogP contribution is -2.53. The van der Waals surface area contributed by atoms with E-state index in [1.807, 2.05) is 31.2 Å². The maximum atomic E-state index is 12.8. The van der Waals surface area contributed by atoms with Crippen LogP contribution < -0.4 is 11.1 Å². The van der Waals surface area contributed by atoms with E-state index in [9.17, 15) is 4.79 Å². The number of rotatable bonds is 6. The Kier molecular flexibility index (Phi) is 5.96. The van der Waals surface area contributed by atoms with E-state index in [1.54, 1.807) is 0 Å². The van der Waals surface area contributed by atoms with Crippen LogP contribution in [0.2, 0.25) is 0 Å². The molecular weight excluding hydrogens is 334 g/mol. The maximum Gasteiger partial charge on any atom is 0.253 e. The van der Waals surface area contributed by atoms with Crippen molar-refractivity contribution in [2.75, 3.05) is 6.54 Å². The Morgan fingerprint density at radius 3 is 2.48 bits per heavy atom. The molecule has 0 saturated heterocycles. The van der Waals surface area contributed by atoms with Gasteiger partial charge in [-0.1, -0.05) is 30.3 Å². The van der Waals surface area contributed by atoms with Gasteiger partial charge in [-0.25, -0.2) is 0 Å². The quantitative estimate of drug-likeness (QED) is 0.828. The molecule has 3 N–H and O–H groups in total. The maximum absolute atomic E-state index is 12.8. The molecule has 2 aromatic rings. The minimum Gasteiger partial charge on any atom is -0.345 e. The van der Waals surface area contributed by atoms with E-state index in [2.05, 4.69) is 35.9 Å². The van der Waals surface area contributed by atoms with Gasteiger partial charge in [-0.3, -0.25) is 4.79 Å². The summed E-state index contributed by atoms with van der Waals surface area (Å²) in [5, 5.41) is 3.19. The van der Waals surface area contributed by atoms with Crippen molar-refractivity contribution < 1.29 is 4.79 Å². The third-order valence-corrected chi connectivity index (χ3v) is 5.30. The predicted octanol–water partition coefficient (Wildman–Crippen LogP) is 3.43. The number of aryl methyl sites for hydroxylation is 1. The van der Waals surface area contributed by atoms with Crippen LogP contribution >= 0.6 is 12.4 Å². The molecular formula is C20H28ClN3O. The molecule has 1 atom stereocenters. The first-order chi connectivity index (χ1) is 11.4. The standard InChI is InChI=1S/C20H27N3O.ClH/c1-14-11-18(19(24)22-20(3,13-21)17-9-10-17)15(2)23(14)12-16-7-5-4-6-8-16;/h4-8,11,17H,9-10,12-13,21H2,1-3H3,(H,22,24);1H. The van der Waals surface area contributed by atoms with Crippen molar-refractivity contribution in [2.45, 2.75) is 45.7 Å². The Balaban J connectivity index is 0.00000225. The third kappa shape index (κ3) is 4.07. The van der Waals surface area contributed by atoms with Crippen LogP contribution in [0.5, 0.6) is 0 Å². The molecule has 1 aromatic carbocycles. The summed E-state index contributed by atoms with van der Waals surface area (Å²) in [6.07, 6.45) is 2.31. The number of benzene rings is 1. The van der Waals surface area contributed by atoms with Gasteiger partial charge in [0, 0.05) is 24.5 Å². The number of halogens is 1. The van der Waals surface area contributed by atoms with E-state index in [0.717, 1.165) is 36.3 Å². The Bertz CT molecular complexity index is 737. The van der Waals surface area contributed by atoms with Crippen molar-refractivity contribution in [1.82, 2.24) is 9.88 Å². The number of amides is 1. The molecule has 5 heteroatoms. The van der Waals surface area contributed by atoms with Crippen LogP contribution in [0.25, 0.3) is 0 Å². The predicted molar refractivity (Wildman–Crippen MR) is 104 cm³/mol. The lowest BCUT2D eigenvalue weighted by atomic mass is 9.95. The highest BCUT2D eigenvalue weighted by atomic mass is 35.5. The summed E-state index contributed by atoms with van der Waals surface area (Å²) >= 11 is 0. The van der Waals surface area contributed by atoms with Gasteiger partial charge in [0.1, 0.15) is 0 Å². The van der Waals surface area contributed by atoms with Gasteiger partial charge in [-0.05, 0) is 51.2 Å². The fraction of sp³-hybridized carbons (Fsp3) is 0.450. The molecule has 0 bridgehead atoms. The Morgan fingerprint density at radius 2 is 1.92 bits per heavy atom. The fourth-order valence-corrected chi connectivity index (χ4v) is 3.41. The van der Waals surface area contributed by atoms with Gasteiger partial charge >= 0.3 is 0 Å². The van der Waals surface area contributed by atoms with Crippen LogP contribution in [0.15, 0.2) is 36.4 Å². The number of hydrogen-bond donors (Lipinski definition) is 2. The van der Waals surface area contributed by atoms with Crippen molar-refractivity contribution in [1.29, 1.82) is 0 Å². The zero-order valence-electron chi connectivity index (χ0n) is 15.2. The molecule has 1 aromatic heterocycles. The number of nitrogens with two attached hydrogens (primary N) is 1. The number of carbonyl (C=O) groups is 1. The van der Waals surface area contributed by atoms with E-state index in [1.165, 1.54) is 5.56 Å². The molecule has 136 valence electrons. The summed E-state index contributed by atoms with van der Waals surface area (Å²) in [6.45, 7) is 7.39. The fourth-order valence-electron chi connectivity index (χ4n) is 3.41. The van der Waals surface area contributed by atoms with Crippen molar-refractivity contribution in [2.24, 2.45) is 11.7 Å². The molecule has 0 aliphatic heterocycles. The molecule has 1 heterocycles. The summed E-state index contributed by atoms with van der Waals surface area (Å²) in [5.41, 5.74) is 9.73. The normalized spacial score (nSPS) is 16.0. The van der Waals surface area contributed by atoms with Gasteiger partial charge in [0.05, 0.1) is 11.1 Å². The van der Waals surface area contributed by atoms with Crippen LogP contribution in [-0.4, -0.2) is 22.6 Å². The third-order valence-electron chi connectivity index (χ3n) is 5.30. The Labute approximate surface area is 156 Å². The number of hydrogen-bond acceptors (Lipinski definition) is 2. The zero-order chi connectivity index (χ0) is 17.3. The second kappa shape index (κ2) is 7.63. The largest absolute Gasteiger partial charge is 0.345 e. The minimum atomic E-state index is -0.293. The van der Waals surface area contributed by atoms with Crippen LogP contribution in [0.4, 0.5) is 0 Å². The molecule has 0 spiro atoms. The lowest BCUT2D eigenvalue weighted by Gasteiger charge is -2.29. The number of nitrogens with zero attached hydrogens (tertiary/aromatic N) is 1. The van der Waals surface area contributed by atoms with E-state index < -0.39 is 0 Å². The highest BCUT2D eigenvalue weighted by Gasteiger charge is 2.41. The van der Waals surface area contributed by atoms with Crippen molar-refractivity contribution >= 4 is 18.3 Å². The SMILES string of the molecule is Cc1cc(C(=O)NC(C)(CN)C2CC2)c(C)n1Cc1ccccc1.Cl. The van der Waals surface area contributed by atoms with Crippen LogP contribution in [0, 0.1) is 19.8 Å². The van der Waals surface area contributed by atoms with Crippen LogP contribution in [-0.2, 0) is 6.54 Å². The van der Waals surface area contributed by atoms with Gasteiger partial charge in [-0.15, -0.1) is 12.4 Å². The molecule has 1 aliphatic rings. The van der Waals surface area contributed by atoms with Gasteiger partial charge in [0.25, 0.3) is 5.91 Å². The van der Waals surface area contributed by atoms with E-state index in [0.29, 0.717) is 12.5 Å². The lowest BCUT2D eigenvalue weighted by molar-refractivity contribution is 0.0897. The molecule has 1 fully saturated rings. The number of aromatic nitrogens is 1. The molecule has 1 saturated carbocycles. The monoisotopic (exact) mass is 361 g/mol. The second-order valence-corrected chi connectivity index (χ2v) is 7.21. The van der Waals surface area contributed by atoms with Gasteiger partial charge in [0.15, 0.2) is 0 Å². The first kappa shape index (κ1) is 19.5. The summed E-state index contributed by atoms with van der Waals surface area (Å²) in [5.74, 6) is 0.501. The molecule has 1 unspecified atom stereocenters. The summed E-state index contributed by atoms with van der Waals surface area (Å²) in [7, 11) is 0. The smallest absolute Gasteiger partial charge is 0.253 e. The highest BCUT2D eigenvalue weighted by molar-refractivity contribution is 5.96. The van der Waals surface area contributed by atoms with Crippen molar-refractivity contribution in [3.05, 3.63) is 58.9 Å². The number of carbonyl (C=O) groups excluding carboxylic acids is 1. The number of nitrogens with one attached hydrogen (secondary N) is 1. The van der Waals surface area contributed by atoms with Crippen molar-refractivity contribution in [3.63, 3.8) is 0 Å². The van der Waals surface area contributed by atoms with Crippen LogP contribution in [0.1, 0.15) is 47.1 Å². The molecule has 1 amide bonds. The zero-order valence-corrected chi connectivity index (χ0v) is 16.0. The van der Waals surface area contributed by atoms with E-state index in [4.69, 9.17) is 5.73 Å². The summed E-state index contributed by atoms with van der Waals surface area (Å²) in [6, 6.07) is 12.3. The first-order valence-corrected chi connectivity index (χ1v) is 8.68. The molecule has 25 heavy (non-hydrogen) atoms. The average Bonchev–Trinajstić information content (AvgIpc) is 3.39. The van der Waals surface area contributed by atoms with Gasteiger partial charge < -0.3 is 15.6 Å². The van der Waals surface area contributed by atoms with Crippen LogP contribution in [0.3, 0.4) is 0 Å². The molecule has 3 rings (SSSR count). The Hall–Kier alpha value is -1.78.